The van der Waals surface area contributed by atoms with E-state index in [1.807, 2.05) is 0 Å². The summed E-state index contributed by atoms with van der Waals surface area (Å²) < 4.78 is 4.48. The highest BCUT2D eigenvalue weighted by Crippen LogP contribution is 2.15. The van der Waals surface area contributed by atoms with Gasteiger partial charge in [-0.1, -0.05) is 38.5 Å². The molecule has 0 saturated heterocycles. The Bertz CT molecular complexity index is 593. The third kappa shape index (κ3) is 7.65. The first-order valence-electron chi connectivity index (χ1n) is 10.4. The Labute approximate surface area is 159 Å². The van der Waals surface area contributed by atoms with Crippen molar-refractivity contribution in [2.75, 3.05) is 6.61 Å². The van der Waals surface area contributed by atoms with E-state index in [-0.39, 0.29) is 0 Å². The summed E-state index contributed by atoms with van der Waals surface area (Å²) in [4.78, 5) is 0. The summed E-state index contributed by atoms with van der Waals surface area (Å²) in [6.07, 6.45) is 20.1. The zero-order valence-electron chi connectivity index (χ0n) is 16.4. The minimum absolute atomic E-state index is 0.350. The molecule has 0 spiro atoms. The van der Waals surface area contributed by atoms with Gasteiger partial charge >= 0.3 is 0 Å². The Balaban J connectivity index is 1.60. The number of aromatic nitrogens is 2. The maximum Gasteiger partial charge on any atom is 0.169 e. The Morgan fingerprint density at radius 3 is 1.50 bits per heavy atom. The molecular formula is C23H36N2O+2. The van der Waals surface area contributed by atoms with Crippen LogP contribution in [-0.4, -0.2) is 11.7 Å². The van der Waals surface area contributed by atoms with Crippen LogP contribution in [0.4, 0.5) is 0 Å². The van der Waals surface area contributed by atoms with Gasteiger partial charge in [0, 0.05) is 37.3 Å². The fourth-order valence-corrected chi connectivity index (χ4v) is 3.30. The van der Waals surface area contributed by atoms with Gasteiger partial charge in [-0.2, -0.15) is 0 Å². The van der Waals surface area contributed by atoms with Crippen molar-refractivity contribution >= 4 is 0 Å². The van der Waals surface area contributed by atoms with Crippen LogP contribution in [0, 0.1) is 0 Å². The summed E-state index contributed by atoms with van der Waals surface area (Å²) in [5.41, 5.74) is 2.56. The fraction of sp³-hybridized carbons (Fsp3) is 0.565. The van der Waals surface area contributed by atoms with Crippen molar-refractivity contribution in [3.05, 3.63) is 49.1 Å². The van der Waals surface area contributed by atoms with E-state index in [1.165, 1.54) is 62.5 Å². The molecule has 0 amide bonds. The normalized spacial score (nSPS) is 11.0. The number of aliphatic hydroxyl groups excluding tert-OH is 1. The first-order valence-corrected chi connectivity index (χ1v) is 10.4. The number of hydrogen-bond acceptors (Lipinski definition) is 1. The maximum absolute atomic E-state index is 8.75. The number of aryl methyl sites for hydroxylation is 2. The third-order valence-electron chi connectivity index (χ3n) is 5.06. The van der Waals surface area contributed by atoms with Crippen LogP contribution in [0.25, 0.3) is 11.1 Å². The zero-order chi connectivity index (χ0) is 18.5. The van der Waals surface area contributed by atoms with Crippen LogP contribution in [0.3, 0.4) is 0 Å². The summed E-state index contributed by atoms with van der Waals surface area (Å²) in [6.45, 7) is 4.63. The van der Waals surface area contributed by atoms with Gasteiger partial charge < -0.3 is 5.11 Å². The van der Waals surface area contributed by atoms with E-state index in [0.717, 1.165) is 19.5 Å². The molecule has 26 heavy (non-hydrogen) atoms. The van der Waals surface area contributed by atoms with Gasteiger partial charge in [0.2, 0.25) is 0 Å². The highest BCUT2D eigenvalue weighted by Gasteiger charge is 2.05. The number of aliphatic hydroxyl groups is 1. The van der Waals surface area contributed by atoms with Gasteiger partial charge in [0.25, 0.3) is 0 Å². The lowest BCUT2D eigenvalue weighted by Gasteiger charge is -2.02. The van der Waals surface area contributed by atoms with Gasteiger partial charge in [0.05, 0.1) is 0 Å². The molecule has 0 radical (unpaired) electrons. The molecule has 0 saturated carbocycles. The summed E-state index contributed by atoms with van der Waals surface area (Å²) in [7, 11) is 0. The van der Waals surface area contributed by atoms with E-state index in [2.05, 4.69) is 65.1 Å². The SMILES string of the molecule is CC[n+]1ccc(-c2cc[n+](CCCCCCCCCCCO)cc2)cc1. The second kappa shape index (κ2) is 12.6. The standard InChI is InChI=1S/C23H36N2O/c1-2-24-17-12-22(13-18-24)23-14-19-25(20-15-23)16-10-8-6-4-3-5-7-9-11-21-26/h12-15,17-20,26H,2-11,16,21H2,1H3/q+2. The number of rotatable bonds is 13. The molecule has 2 heterocycles. The summed E-state index contributed by atoms with van der Waals surface area (Å²) in [5.74, 6) is 0. The molecule has 3 heteroatoms. The van der Waals surface area contributed by atoms with Crippen LogP contribution < -0.4 is 9.13 Å². The molecule has 0 atom stereocenters. The fourth-order valence-electron chi connectivity index (χ4n) is 3.30. The highest BCUT2D eigenvalue weighted by molar-refractivity contribution is 5.60. The van der Waals surface area contributed by atoms with Crippen LogP contribution in [0.2, 0.25) is 0 Å². The molecule has 3 nitrogen and oxygen atoms in total. The Kier molecular flexibility index (Phi) is 9.96. The monoisotopic (exact) mass is 356 g/mol. The van der Waals surface area contributed by atoms with E-state index in [1.54, 1.807) is 0 Å². The second-order valence-corrected chi connectivity index (χ2v) is 7.15. The van der Waals surface area contributed by atoms with E-state index in [9.17, 15) is 0 Å². The van der Waals surface area contributed by atoms with Crippen LogP contribution in [0.1, 0.15) is 64.7 Å². The maximum atomic E-state index is 8.75. The molecule has 2 rings (SSSR count). The van der Waals surface area contributed by atoms with Crippen molar-refractivity contribution in [1.29, 1.82) is 0 Å². The predicted octanol–water partition coefficient (Wildman–Crippen LogP) is 4.45. The first kappa shape index (κ1) is 20.6. The number of hydrogen-bond donors (Lipinski definition) is 1. The predicted molar refractivity (Wildman–Crippen MR) is 107 cm³/mol. The van der Waals surface area contributed by atoms with E-state index in [4.69, 9.17) is 5.11 Å². The van der Waals surface area contributed by atoms with Crippen molar-refractivity contribution in [2.45, 2.75) is 77.8 Å². The number of pyridine rings is 2. The van der Waals surface area contributed by atoms with Gasteiger partial charge in [-0.25, -0.2) is 9.13 Å². The van der Waals surface area contributed by atoms with Crippen LogP contribution >= 0.6 is 0 Å². The quantitative estimate of drug-likeness (QED) is 0.417. The van der Waals surface area contributed by atoms with Crippen LogP contribution in [0.5, 0.6) is 0 Å². The summed E-state index contributed by atoms with van der Waals surface area (Å²) in [6, 6.07) is 8.82. The molecule has 0 aliphatic rings. The molecule has 2 aromatic heterocycles. The van der Waals surface area contributed by atoms with E-state index in [0.29, 0.717) is 6.61 Å². The highest BCUT2D eigenvalue weighted by atomic mass is 16.2. The lowest BCUT2D eigenvalue weighted by molar-refractivity contribution is -0.697. The van der Waals surface area contributed by atoms with Crippen molar-refractivity contribution in [3.8, 4) is 11.1 Å². The molecular weight excluding hydrogens is 320 g/mol. The average molecular weight is 357 g/mol. The van der Waals surface area contributed by atoms with Gasteiger partial charge in [-0.05, 0) is 30.9 Å². The molecule has 1 N–H and O–H groups in total. The topological polar surface area (TPSA) is 28.0 Å². The molecule has 142 valence electrons. The van der Waals surface area contributed by atoms with Gasteiger partial charge in [-0.3, -0.25) is 0 Å². The van der Waals surface area contributed by atoms with Crippen molar-refractivity contribution in [3.63, 3.8) is 0 Å². The van der Waals surface area contributed by atoms with Crippen molar-refractivity contribution in [1.82, 2.24) is 0 Å². The molecule has 0 fully saturated rings. The van der Waals surface area contributed by atoms with Gasteiger partial charge in [-0.15, -0.1) is 0 Å². The molecule has 2 aromatic rings. The van der Waals surface area contributed by atoms with Crippen LogP contribution in [0.15, 0.2) is 49.1 Å². The van der Waals surface area contributed by atoms with Gasteiger partial charge in [0.15, 0.2) is 24.8 Å². The largest absolute Gasteiger partial charge is 0.396 e. The zero-order valence-corrected chi connectivity index (χ0v) is 16.4. The molecule has 0 aliphatic heterocycles. The molecule has 0 aliphatic carbocycles. The lowest BCUT2D eigenvalue weighted by Crippen LogP contribution is -2.32. The second-order valence-electron chi connectivity index (χ2n) is 7.15. The molecule has 0 aromatic carbocycles. The summed E-state index contributed by atoms with van der Waals surface area (Å²) >= 11 is 0. The minimum atomic E-state index is 0.350. The molecule has 0 bridgehead atoms. The van der Waals surface area contributed by atoms with Crippen LogP contribution in [-0.2, 0) is 13.1 Å². The first-order chi connectivity index (χ1) is 12.8. The Hall–Kier alpha value is -1.74. The van der Waals surface area contributed by atoms with E-state index < -0.39 is 0 Å². The minimum Gasteiger partial charge on any atom is -0.396 e. The van der Waals surface area contributed by atoms with Gasteiger partial charge in [0.1, 0.15) is 13.1 Å². The number of nitrogens with zero attached hydrogens (tertiary/aromatic N) is 2. The lowest BCUT2D eigenvalue weighted by atomic mass is 10.1. The Morgan fingerprint density at radius 1 is 0.615 bits per heavy atom. The van der Waals surface area contributed by atoms with Crippen molar-refractivity contribution in [2.24, 2.45) is 0 Å². The van der Waals surface area contributed by atoms with Crippen molar-refractivity contribution < 1.29 is 14.2 Å². The third-order valence-corrected chi connectivity index (χ3v) is 5.06. The summed E-state index contributed by atoms with van der Waals surface area (Å²) in [5, 5.41) is 8.75. The number of unbranched alkanes of at least 4 members (excludes halogenated alkanes) is 8. The smallest absolute Gasteiger partial charge is 0.169 e. The Morgan fingerprint density at radius 2 is 1.04 bits per heavy atom. The van der Waals surface area contributed by atoms with E-state index >= 15 is 0 Å². The average Bonchev–Trinajstić information content (AvgIpc) is 2.70. The molecule has 0 unspecified atom stereocenters.